The number of halogens is 1. The van der Waals surface area contributed by atoms with Crippen molar-refractivity contribution in [2.24, 2.45) is 0 Å². The zero-order chi connectivity index (χ0) is 9.80. The average Bonchev–Trinajstić information content (AvgIpc) is 2.70. The van der Waals surface area contributed by atoms with Crippen molar-refractivity contribution in [1.82, 2.24) is 0 Å². The quantitative estimate of drug-likeness (QED) is 0.815. The van der Waals surface area contributed by atoms with Gasteiger partial charge in [-0.05, 0) is 35.7 Å². The largest absolute Gasteiger partial charge is 0.488 e. The molecule has 0 aliphatic carbocycles. The standard InChI is InChI=1S/C11H9BrOS/c12-9-3-5-10(6-4-9)13-8-11-2-1-7-14-11/h1-7H,8H2. The Bertz CT molecular complexity index is 380. The maximum absolute atomic E-state index is 5.59. The predicted octanol–water partition coefficient (Wildman–Crippen LogP) is 4.09. The van der Waals surface area contributed by atoms with E-state index >= 15 is 0 Å². The molecule has 0 radical (unpaired) electrons. The van der Waals surface area contributed by atoms with E-state index in [4.69, 9.17) is 4.74 Å². The molecule has 0 atom stereocenters. The van der Waals surface area contributed by atoms with Gasteiger partial charge in [0.2, 0.25) is 0 Å². The van der Waals surface area contributed by atoms with Crippen molar-refractivity contribution in [3.63, 3.8) is 0 Å². The van der Waals surface area contributed by atoms with Crippen LogP contribution in [0, 0.1) is 0 Å². The number of thiophene rings is 1. The van der Waals surface area contributed by atoms with Crippen LogP contribution in [0.1, 0.15) is 4.88 Å². The molecule has 2 aromatic rings. The molecular formula is C11H9BrOS. The van der Waals surface area contributed by atoms with Crippen LogP contribution in [0.4, 0.5) is 0 Å². The molecule has 72 valence electrons. The first-order valence-corrected chi connectivity index (χ1v) is 5.92. The smallest absolute Gasteiger partial charge is 0.122 e. The van der Waals surface area contributed by atoms with Gasteiger partial charge in [-0.15, -0.1) is 11.3 Å². The molecule has 0 saturated carbocycles. The summed E-state index contributed by atoms with van der Waals surface area (Å²) in [4.78, 5) is 1.24. The van der Waals surface area contributed by atoms with Crippen LogP contribution in [0.25, 0.3) is 0 Å². The van der Waals surface area contributed by atoms with E-state index < -0.39 is 0 Å². The zero-order valence-electron chi connectivity index (χ0n) is 7.44. The van der Waals surface area contributed by atoms with E-state index in [1.807, 2.05) is 30.3 Å². The van der Waals surface area contributed by atoms with Gasteiger partial charge in [-0.2, -0.15) is 0 Å². The Hall–Kier alpha value is -0.800. The summed E-state index contributed by atoms with van der Waals surface area (Å²) in [6.07, 6.45) is 0. The highest BCUT2D eigenvalue weighted by molar-refractivity contribution is 9.10. The lowest BCUT2D eigenvalue weighted by Crippen LogP contribution is -1.91. The minimum atomic E-state index is 0.652. The van der Waals surface area contributed by atoms with E-state index in [2.05, 4.69) is 27.4 Å². The Kier molecular flexibility index (Phi) is 3.22. The average molecular weight is 269 g/mol. The van der Waals surface area contributed by atoms with Crippen LogP contribution in [0.3, 0.4) is 0 Å². The van der Waals surface area contributed by atoms with Gasteiger partial charge in [0, 0.05) is 9.35 Å². The number of hydrogen-bond acceptors (Lipinski definition) is 2. The van der Waals surface area contributed by atoms with Crippen molar-refractivity contribution in [2.75, 3.05) is 0 Å². The van der Waals surface area contributed by atoms with Gasteiger partial charge in [0.05, 0.1) is 0 Å². The second kappa shape index (κ2) is 4.62. The minimum Gasteiger partial charge on any atom is -0.488 e. The molecule has 0 fully saturated rings. The number of benzene rings is 1. The van der Waals surface area contributed by atoms with Gasteiger partial charge in [0.1, 0.15) is 12.4 Å². The molecule has 1 nitrogen and oxygen atoms in total. The Morgan fingerprint density at radius 1 is 1.14 bits per heavy atom. The normalized spacial score (nSPS) is 10.1. The van der Waals surface area contributed by atoms with Crippen molar-refractivity contribution >= 4 is 27.3 Å². The number of hydrogen-bond donors (Lipinski definition) is 0. The van der Waals surface area contributed by atoms with Crippen molar-refractivity contribution < 1.29 is 4.74 Å². The van der Waals surface area contributed by atoms with E-state index in [1.165, 1.54) is 4.88 Å². The second-order valence-corrected chi connectivity index (χ2v) is 4.77. The van der Waals surface area contributed by atoms with Crippen LogP contribution in [0.5, 0.6) is 5.75 Å². The first-order chi connectivity index (χ1) is 6.84. The molecule has 14 heavy (non-hydrogen) atoms. The number of rotatable bonds is 3. The predicted molar refractivity (Wildman–Crippen MR) is 62.8 cm³/mol. The highest BCUT2D eigenvalue weighted by atomic mass is 79.9. The maximum Gasteiger partial charge on any atom is 0.122 e. The van der Waals surface area contributed by atoms with Crippen molar-refractivity contribution in [1.29, 1.82) is 0 Å². The molecule has 3 heteroatoms. The van der Waals surface area contributed by atoms with Gasteiger partial charge < -0.3 is 4.74 Å². The summed E-state index contributed by atoms with van der Waals surface area (Å²) in [7, 11) is 0. The van der Waals surface area contributed by atoms with Crippen LogP contribution in [-0.4, -0.2) is 0 Å². The molecule has 1 heterocycles. The Balaban J connectivity index is 1.95. The highest BCUT2D eigenvalue weighted by Crippen LogP contribution is 2.18. The van der Waals surface area contributed by atoms with Crippen LogP contribution >= 0.6 is 27.3 Å². The topological polar surface area (TPSA) is 9.23 Å². The number of ether oxygens (including phenoxy) is 1. The summed E-state index contributed by atoms with van der Waals surface area (Å²) < 4.78 is 6.67. The first-order valence-electron chi connectivity index (χ1n) is 4.25. The van der Waals surface area contributed by atoms with E-state index in [-0.39, 0.29) is 0 Å². The maximum atomic E-state index is 5.59. The van der Waals surface area contributed by atoms with Crippen molar-refractivity contribution in [3.05, 3.63) is 51.1 Å². The van der Waals surface area contributed by atoms with Gasteiger partial charge in [-0.25, -0.2) is 0 Å². The van der Waals surface area contributed by atoms with E-state index in [0.29, 0.717) is 6.61 Å². The molecular weight excluding hydrogens is 260 g/mol. The van der Waals surface area contributed by atoms with Gasteiger partial charge >= 0.3 is 0 Å². The van der Waals surface area contributed by atoms with E-state index in [1.54, 1.807) is 11.3 Å². The summed E-state index contributed by atoms with van der Waals surface area (Å²) in [5, 5.41) is 2.06. The molecule has 0 aliphatic rings. The first kappa shape index (κ1) is 9.74. The van der Waals surface area contributed by atoms with Crippen LogP contribution in [0.15, 0.2) is 46.3 Å². The minimum absolute atomic E-state index is 0.652. The lowest BCUT2D eigenvalue weighted by atomic mass is 10.3. The Morgan fingerprint density at radius 2 is 1.93 bits per heavy atom. The molecule has 0 unspecified atom stereocenters. The molecule has 0 saturated heterocycles. The fourth-order valence-electron chi connectivity index (χ4n) is 1.08. The summed E-state index contributed by atoms with van der Waals surface area (Å²) in [5.41, 5.74) is 0. The van der Waals surface area contributed by atoms with Crippen LogP contribution in [-0.2, 0) is 6.61 Å². The third-order valence-corrected chi connectivity index (χ3v) is 3.15. The highest BCUT2D eigenvalue weighted by Gasteiger charge is 1.95. The molecule has 0 aliphatic heterocycles. The molecule has 0 amide bonds. The third kappa shape index (κ3) is 2.59. The second-order valence-electron chi connectivity index (χ2n) is 2.82. The van der Waals surface area contributed by atoms with Crippen molar-refractivity contribution in [2.45, 2.75) is 6.61 Å². The SMILES string of the molecule is Brc1ccc(OCc2cccs2)cc1. The fourth-order valence-corrected chi connectivity index (χ4v) is 1.96. The Morgan fingerprint density at radius 3 is 2.57 bits per heavy atom. The molecule has 2 rings (SSSR count). The summed E-state index contributed by atoms with van der Waals surface area (Å²) in [6, 6.07) is 12.0. The summed E-state index contributed by atoms with van der Waals surface area (Å²) in [6.45, 7) is 0.652. The lowest BCUT2D eigenvalue weighted by molar-refractivity contribution is 0.310. The monoisotopic (exact) mass is 268 g/mol. The van der Waals surface area contributed by atoms with Gasteiger partial charge in [-0.3, -0.25) is 0 Å². The molecule has 1 aromatic carbocycles. The fraction of sp³-hybridized carbons (Fsp3) is 0.0909. The van der Waals surface area contributed by atoms with Gasteiger partial charge in [0.15, 0.2) is 0 Å². The summed E-state index contributed by atoms with van der Waals surface area (Å²) >= 11 is 5.09. The van der Waals surface area contributed by atoms with Crippen molar-refractivity contribution in [3.8, 4) is 5.75 Å². The Labute approximate surface area is 95.5 Å². The molecule has 1 aromatic heterocycles. The molecule has 0 bridgehead atoms. The molecule has 0 spiro atoms. The van der Waals surface area contributed by atoms with E-state index in [0.717, 1.165) is 10.2 Å². The van der Waals surface area contributed by atoms with Gasteiger partial charge in [0.25, 0.3) is 0 Å². The lowest BCUT2D eigenvalue weighted by Gasteiger charge is -2.03. The third-order valence-electron chi connectivity index (χ3n) is 1.77. The van der Waals surface area contributed by atoms with Crippen LogP contribution < -0.4 is 4.74 Å². The summed E-state index contributed by atoms with van der Waals surface area (Å²) in [5.74, 6) is 0.904. The van der Waals surface area contributed by atoms with E-state index in [9.17, 15) is 0 Å². The van der Waals surface area contributed by atoms with Gasteiger partial charge in [-0.1, -0.05) is 22.0 Å². The zero-order valence-corrected chi connectivity index (χ0v) is 9.85. The van der Waals surface area contributed by atoms with Crippen LogP contribution in [0.2, 0.25) is 0 Å². The molecule has 0 N–H and O–H groups in total.